The second-order valence-corrected chi connectivity index (χ2v) is 6.25. The highest BCUT2D eigenvalue weighted by Crippen LogP contribution is 2.08. The maximum absolute atomic E-state index is 12.0. The van der Waals surface area contributed by atoms with E-state index in [1.807, 2.05) is 38.1 Å². The van der Waals surface area contributed by atoms with Gasteiger partial charge < -0.3 is 20.0 Å². The molecule has 0 fully saturated rings. The van der Waals surface area contributed by atoms with Gasteiger partial charge in [-0.2, -0.15) is 0 Å². The summed E-state index contributed by atoms with van der Waals surface area (Å²) in [7, 11) is 5.23. The molecule has 0 spiro atoms. The first-order valence-electron chi connectivity index (χ1n) is 8.58. The van der Waals surface area contributed by atoms with Crippen LogP contribution in [0.1, 0.15) is 33.3 Å². The Balaban J connectivity index is 0.00000364. The molecular weight excluding hydrogens is 457 g/mol. The van der Waals surface area contributed by atoms with E-state index in [2.05, 4.69) is 20.6 Å². The topological polar surface area (TPSA) is 82.8 Å². The van der Waals surface area contributed by atoms with Crippen molar-refractivity contribution in [3.05, 3.63) is 52.7 Å². The highest BCUT2D eigenvalue weighted by molar-refractivity contribution is 14.0. The maximum atomic E-state index is 12.0. The third-order valence-corrected chi connectivity index (χ3v) is 3.99. The average molecular weight is 485 g/mol. The maximum Gasteiger partial charge on any atom is 0.253 e. The predicted molar refractivity (Wildman–Crippen MR) is 118 cm³/mol. The number of aryl methyl sites for hydroxylation is 2. The highest BCUT2D eigenvalue weighted by atomic mass is 127. The van der Waals surface area contributed by atoms with Crippen LogP contribution in [0.5, 0.6) is 0 Å². The van der Waals surface area contributed by atoms with Crippen molar-refractivity contribution < 1.29 is 9.21 Å². The second kappa shape index (κ2) is 10.9. The summed E-state index contributed by atoms with van der Waals surface area (Å²) in [5, 5.41) is 6.43. The van der Waals surface area contributed by atoms with Crippen molar-refractivity contribution >= 4 is 35.8 Å². The molecule has 0 bridgehead atoms. The summed E-state index contributed by atoms with van der Waals surface area (Å²) < 4.78 is 5.55. The lowest BCUT2D eigenvalue weighted by Gasteiger charge is -2.12. The number of guanidine groups is 1. The Bertz CT molecular complexity index is 767. The number of rotatable bonds is 6. The lowest BCUT2D eigenvalue weighted by molar-refractivity contribution is 0.0827. The molecule has 0 aliphatic heterocycles. The van der Waals surface area contributed by atoms with Gasteiger partial charge in [0.2, 0.25) is 5.89 Å². The summed E-state index contributed by atoms with van der Waals surface area (Å²) in [6.07, 6.45) is 0.784. The summed E-state index contributed by atoms with van der Waals surface area (Å²) in [6.45, 7) is 4.99. The molecule has 0 aliphatic rings. The van der Waals surface area contributed by atoms with E-state index in [0.717, 1.165) is 23.4 Å². The number of halogens is 1. The Labute approximate surface area is 177 Å². The van der Waals surface area contributed by atoms with Gasteiger partial charge in [0.05, 0.1) is 12.2 Å². The fourth-order valence-corrected chi connectivity index (χ4v) is 2.44. The molecule has 0 saturated carbocycles. The largest absolute Gasteiger partial charge is 0.444 e. The number of hydrogen-bond acceptors (Lipinski definition) is 4. The fourth-order valence-electron chi connectivity index (χ4n) is 2.44. The molecule has 0 radical (unpaired) electrons. The number of amides is 1. The molecule has 1 aromatic heterocycles. The Morgan fingerprint density at radius 3 is 2.59 bits per heavy atom. The predicted octanol–water partition coefficient (Wildman–Crippen LogP) is 2.52. The van der Waals surface area contributed by atoms with Crippen LogP contribution in [0.25, 0.3) is 0 Å². The molecular formula is C19H28IN5O2. The van der Waals surface area contributed by atoms with Crippen LogP contribution in [0.15, 0.2) is 33.7 Å². The number of hydrogen-bond donors (Lipinski definition) is 2. The Morgan fingerprint density at radius 1 is 1.26 bits per heavy atom. The molecule has 0 atom stereocenters. The minimum atomic E-state index is 0. The van der Waals surface area contributed by atoms with Gasteiger partial charge in [-0.15, -0.1) is 24.0 Å². The second-order valence-electron chi connectivity index (χ2n) is 6.25. The van der Waals surface area contributed by atoms with Crippen LogP contribution in [0, 0.1) is 13.8 Å². The molecule has 0 saturated heterocycles. The first kappa shape index (κ1) is 22.9. The molecule has 1 aromatic carbocycles. The quantitative estimate of drug-likeness (QED) is 0.374. The summed E-state index contributed by atoms with van der Waals surface area (Å²) in [6, 6.07) is 7.69. The van der Waals surface area contributed by atoms with E-state index in [4.69, 9.17) is 4.42 Å². The summed E-state index contributed by atoms with van der Waals surface area (Å²) in [5.41, 5.74) is 2.70. The van der Waals surface area contributed by atoms with Gasteiger partial charge in [-0.25, -0.2) is 4.98 Å². The minimum absolute atomic E-state index is 0. The molecule has 2 aromatic rings. The number of oxazole rings is 1. The van der Waals surface area contributed by atoms with Crippen molar-refractivity contribution in [1.29, 1.82) is 0 Å². The standard InChI is InChI=1S/C19H27N5O2.HI/c1-13-14(2)26-17(23-13)12-22-19(20-3)21-10-9-15-7-6-8-16(11-15)18(25)24(4)5;/h6-8,11H,9-10,12H2,1-5H3,(H2,20,21,22);1H. The molecule has 2 N–H and O–H groups in total. The van der Waals surface area contributed by atoms with Crippen LogP contribution in [0.3, 0.4) is 0 Å². The monoisotopic (exact) mass is 485 g/mol. The first-order chi connectivity index (χ1) is 12.4. The van der Waals surface area contributed by atoms with E-state index in [-0.39, 0.29) is 29.9 Å². The number of nitrogens with one attached hydrogen (secondary N) is 2. The van der Waals surface area contributed by atoms with Gasteiger partial charge in [-0.3, -0.25) is 9.79 Å². The molecule has 0 unspecified atom stereocenters. The van der Waals surface area contributed by atoms with Crippen LogP contribution in [0.2, 0.25) is 0 Å². The van der Waals surface area contributed by atoms with Crippen molar-refractivity contribution in [3.8, 4) is 0 Å². The Hall–Kier alpha value is -2.10. The lowest BCUT2D eigenvalue weighted by atomic mass is 10.1. The van der Waals surface area contributed by atoms with Gasteiger partial charge in [0.25, 0.3) is 5.91 Å². The van der Waals surface area contributed by atoms with Gasteiger partial charge in [0, 0.05) is 33.3 Å². The normalized spacial score (nSPS) is 10.9. The molecule has 1 heterocycles. The van der Waals surface area contributed by atoms with Crippen molar-refractivity contribution in [2.45, 2.75) is 26.8 Å². The minimum Gasteiger partial charge on any atom is -0.444 e. The molecule has 2 rings (SSSR count). The first-order valence-corrected chi connectivity index (χ1v) is 8.58. The van der Waals surface area contributed by atoms with E-state index in [0.29, 0.717) is 30.5 Å². The molecule has 148 valence electrons. The fraction of sp³-hybridized carbons (Fsp3) is 0.421. The lowest BCUT2D eigenvalue weighted by Crippen LogP contribution is -2.37. The summed E-state index contributed by atoms with van der Waals surface area (Å²) in [4.78, 5) is 22.1. The van der Waals surface area contributed by atoms with Crippen LogP contribution >= 0.6 is 24.0 Å². The zero-order valence-corrected chi connectivity index (χ0v) is 18.8. The number of carbonyl (C=O) groups excluding carboxylic acids is 1. The van der Waals surface area contributed by atoms with Gasteiger partial charge in [-0.1, -0.05) is 12.1 Å². The van der Waals surface area contributed by atoms with Crippen LogP contribution in [0.4, 0.5) is 0 Å². The third kappa shape index (κ3) is 6.85. The van der Waals surface area contributed by atoms with Crippen molar-refractivity contribution in [3.63, 3.8) is 0 Å². The van der Waals surface area contributed by atoms with Gasteiger partial charge in [-0.05, 0) is 38.0 Å². The Morgan fingerprint density at radius 2 is 2.00 bits per heavy atom. The number of aromatic nitrogens is 1. The summed E-state index contributed by atoms with van der Waals surface area (Å²) in [5.74, 6) is 2.16. The van der Waals surface area contributed by atoms with E-state index in [9.17, 15) is 4.79 Å². The van der Waals surface area contributed by atoms with Gasteiger partial charge in [0.1, 0.15) is 5.76 Å². The highest BCUT2D eigenvalue weighted by Gasteiger charge is 2.09. The van der Waals surface area contributed by atoms with E-state index in [1.165, 1.54) is 0 Å². The summed E-state index contributed by atoms with van der Waals surface area (Å²) >= 11 is 0. The Kier molecular flexibility index (Phi) is 9.27. The number of aliphatic imine (C=N–C) groups is 1. The van der Waals surface area contributed by atoms with Crippen molar-refractivity contribution in [2.75, 3.05) is 27.7 Å². The van der Waals surface area contributed by atoms with Crippen LogP contribution in [-0.2, 0) is 13.0 Å². The number of nitrogens with zero attached hydrogens (tertiary/aromatic N) is 3. The van der Waals surface area contributed by atoms with Crippen molar-refractivity contribution in [1.82, 2.24) is 20.5 Å². The smallest absolute Gasteiger partial charge is 0.253 e. The zero-order valence-electron chi connectivity index (χ0n) is 16.5. The molecule has 7 nitrogen and oxygen atoms in total. The van der Waals surface area contributed by atoms with Crippen LogP contribution in [-0.4, -0.2) is 49.4 Å². The SMILES string of the molecule is CN=C(NCCc1cccc(C(=O)N(C)C)c1)NCc1nc(C)c(C)o1.I. The van der Waals surface area contributed by atoms with E-state index >= 15 is 0 Å². The number of carbonyl (C=O) groups is 1. The van der Waals surface area contributed by atoms with E-state index in [1.54, 1.807) is 26.0 Å². The van der Waals surface area contributed by atoms with Gasteiger partial charge >= 0.3 is 0 Å². The molecule has 1 amide bonds. The van der Waals surface area contributed by atoms with Crippen LogP contribution < -0.4 is 10.6 Å². The molecule has 0 aliphatic carbocycles. The molecule has 8 heteroatoms. The van der Waals surface area contributed by atoms with E-state index < -0.39 is 0 Å². The molecule has 27 heavy (non-hydrogen) atoms. The zero-order chi connectivity index (χ0) is 19.1. The number of benzene rings is 1. The average Bonchev–Trinajstić information content (AvgIpc) is 2.95. The third-order valence-electron chi connectivity index (χ3n) is 3.99. The van der Waals surface area contributed by atoms with Crippen molar-refractivity contribution in [2.24, 2.45) is 4.99 Å². The van der Waals surface area contributed by atoms with Gasteiger partial charge in [0.15, 0.2) is 5.96 Å².